The summed E-state index contributed by atoms with van der Waals surface area (Å²) >= 11 is 0. The zero-order valence-corrected chi connectivity index (χ0v) is 9.23. The highest BCUT2D eigenvalue weighted by Crippen LogP contribution is 2.17. The first-order valence-electron chi connectivity index (χ1n) is 5.43. The lowest BCUT2D eigenvalue weighted by Gasteiger charge is -2.00. The van der Waals surface area contributed by atoms with Gasteiger partial charge in [-0.1, -0.05) is 37.6 Å². The maximum Gasteiger partial charge on any atom is 0.185 e. The first kappa shape index (κ1) is 10.6. The summed E-state index contributed by atoms with van der Waals surface area (Å²) < 4.78 is 0. The number of aryl methyl sites for hydroxylation is 1. The minimum Gasteiger partial charge on any atom is -0.336 e. The maximum atomic E-state index is 10.5. The van der Waals surface area contributed by atoms with E-state index in [1.807, 2.05) is 12.1 Å². The average molecular weight is 214 g/mol. The molecule has 0 spiro atoms. The number of benzene rings is 1. The van der Waals surface area contributed by atoms with Crippen molar-refractivity contribution >= 4 is 6.29 Å². The van der Waals surface area contributed by atoms with Crippen LogP contribution in [0.4, 0.5) is 0 Å². The molecule has 3 heteroatoms. The fraction of sp³-hybridized carbons (Fsp3) is 0.231. The van der Waals surface area contributed by atoms with Gasteiger partial charge in [0.25, 0.3) is 0 Å². The molecule has 0 radical (unpaired) electrons. The Labute approximate surface area is 94.5 Å². The monoisotopic (exact) mass is 214 g/mol. The summed E-state index contributed by atoms with van der Waals surface area (Å²) in [5, 5.41) is 0. The van der Waals surface area contributed by atoms with Crippen LogP contribution in [0, 0.1) is 0 Å². The van der Waals surface area contributed by atoms with E-state index in [1.165, 1.54) is 5.56 Å². The van der Waals surface area contributed by atoms with E-state index in [4.69, 9.17) is 0 Å². The molecule has 2 rings (SSSR count). The zero-order chi connectivity index (χ0) is 11.4. The summed E-state index contributed by atoms with van der Waals surface area (Å²) in [5.41, 5.74) is 3.27. The molecule has 0 unspecified atom stereocenters. The van der Waals surface area contributed by atoms with Crippen LogP contribution >= 0.6 is 0 Å². The lowest BCUT2D eigenvalue weighted by atomic mass is 10.1. The molecule has 1 heterocycles. The van der Waals surface area contributed by atoms with E-state index in [-0.39, 0.29) is 0 Å². The Balaban J connectivity index is 2.23. The molecular weight excluding hydrogens is 200 g/mol. The number of imidazole rings is 1. The molecule has 1 N–H and O–H groups in total. The second-order valence-electron chi connectivity index (χ2n) is 3.75. The Hall–Kier alpha value is -1.90. The van der Waals surface area contributed by atoms with Crippen LogP contribution in [0.3, 0.4) is 0 Å². The smallest absolute Gasteiger partial charge is 0.185 e. The van der Waals surface area contributed by atoms with Crippen molar-refractivity contribution in [1.29, 1.82) is 0 Å². The van der Waals surface area contributed by atoms with Crippen molar-refractivity contribution < 1.29 is 4.79 Å². The number of carbonyl (C=O) groups excluding carboxylic acids is 1. The van der Waals surface area contributed by atoms with Gasteiger partial charge >= 0.3 is 0 Å². The van der Waals surface area contributed by atoms with Crippen molar-refractivity contribution in [3.05, 3.63) is 41.9 Å². The van der Waals surface area contributed by atoms with E-state index in [9.17, 15) is 4.79 Å². The fourth-order valence-electron chi connectivity index (χ4n) is 1.68. The number of H-pyrrole nitrogens is 1. The third kappa shape index (κ3) is 2.19. The molecule has 0 saturated heterocycles. The normalized spacial score (nSPS) is 10.3. The molecular formula is C13H14N2O. The number of nitrogens with zero attached hydrogens (tertiary/aromatic N) is 1. The van der Waals surface area contributed by atoms with Crippen LogP contribution in [0.1, 0.15) is 29.5 Å². The molecule has 2 aromatic rings. The first-order valence-corrected chi connectivity index (χ1v) is 5.43. The molecule has 1 aromatic carbocycles. The van der Waals surface area contributed by atoms with Gasteiger partial charge in [-0.05, 0) is 17.5 Å². The maximum absolute atomic E-state index is 10.5. The van der Waals surface area contributed by atoms with Gasteiger partial charge < -0.3 is 4.98 Å². The van der Waals surface area contributed by atoms with Gasteiger partial charge in [-0.25, -0.2) is 4.98 Å². The van der Waals surface area contributed by atoms with E-state index in [1.54, 1.807) is 6.20 Å². The summed E-state index contributed by atoms with van der Waals surface area (Å²) in [6.45, 7) is 2.17. The summed E-state index contributed by atoms with van der Waals surface area (Å²) in [7, 11) is 0. The Bertz CT molecular complexity index is 471. The summed E-state index contributed by atoms with van der Waals surface area (Å²) in [4.78, 5) is 17.4. The van der Waals surface area contributed by atoms with Crippen LogP contribution in [0.5, 0.6) is 0 Å². The van der Waals surface area contributed by atoms with Gasteiger partial charge in [0.2, 0.25) is 0 Å². The van der Waals surface area contributed by atoms with Gasteiger partial charge in [-0.2, -0.15) is 0 Å². The molecule has 0 fully saturated rings. The predicted molar refractivity (Wildman–Crippen MR) is 63.4 cm³/mol. The van der Waals surface area contributed by atoms with E-state index >= 15 is 0 Å². The number of aromatic nitrogens is 2. The standard InChI is InChI=1S/C13H14N2O/c1-2-3-10-4-6-11(7-5-10)12-8-14-13(9-16)15-12/h4-9H,2-3H2,1H3,(H,14,15). The third-order valence-corrected chi connectivity index (χ3v) is 2.51. The van der Waals surface area contributed by atoms with Crippen LogP contribution in [0.15, 0.2) is 30.5 Å². The first-order chi connectivity index (χ1) is 7.83. The zero-order valence-electron chi connectivity index (χ0n) is 9.23. The number of hydrogen-bond acceptors (Lipinski definition) is 2. The number of nitrogens with one attached hydrogen (secondary N) is 1. The second kappa shape index (κ2) is 4.75. The Morgan fingerprint density at radius 2 is 2.06 bits per heavy atom. The fourth-order valence-corrected chi connectivity index (χ4v) is 1.68. The SMILES string of the molecule is CCCc1ccc(-c2cnc(C=O)[nH]2)cc1. The summed E-state index contributed by atoms with van der Waals surface area (Å²) in [5.74, 6) is 0.368. The van der Waals surface area contributed by atoms with Crippen molar-refractivity contribution in [1.82, 2.24) is 9.97 Å². The molecule has 16 heavy (non-hydrogen) atoms. The molecule has 3 nitrogen and oxygen atoms in total. The minimum atomic E-state index is 0.368. The average Bonchev–Trinajstić information content (AvgIpc) is 2.79. The predicted octanol–water partition coefficient (Wildman–Crippen LogP) is 2.84. The Morgan fingerprint density at radius 3 is 2.62 bits per heavy atom. The third-order valence-electron chi connectivity index (χ3n) is 2.51. The number of carbonyl (C=O) groups is 1. The number of aldehydes is 1. The van der Waals surface area contributed by atoms with Gasteiger partial charge in [-0.15, -0.1) is 0 Å². The molecule has 0 saturated carbocycles. The van der Waals surface area contributed by atoms with E-state index in [0.717, 1.165) is 30.4 Å². The molecule has 0 atom stereocenters. The van der Waals surface area contributed by atoms with Crippen molar-refractivity contribution in [2.45, 2.75) is 19.8 Å². The quantitative estimate of drug-likeness (QED) is 0.795. The van der Waals surface area contributed by atoms with Gasteiger partial charge in [0.1, 0.15) is 0 Å². The lowest BCUT2D eigenvalue weighted by Crippen LogP contribution is -1.84. The van der Waals surface area contributed by atoms with E-state index < -0.39 is 0 Å². The molecule has 0 bridgehead atoms. The van der Waals surface area contributed by atoms with Crippen molar-refractivity contribution in [3.8, 4) is 11.3 Å². The topological polar surface area (TPSA) is 45.8 Å². The van der Waals surface area contributed by atoms with Crippen LogP contribution in [0.2, 0.25) is 0 Å². The molecule has 0 aliphatic heterocycles. The molecule has 0 amide bonds. The van der Waals surface area contributed by atoms with Gasteiger partial charge in [0.15, 0.2) is 12.1 Å². The Kier molecular flexibility index (Phi) is 3.15. The molecule has 1 aromatic heterocycles. The molecule has 0 aliphatic rings. The molecule has 0 aliphatic carbocycles. The van der Waals surface area contributed by atoms with Crippen LogP contribution in [-0.4, -0.2) is 16.3 Å². The summed E-state index contributed by atoms with van der Waals surface area (Å²) in [6.07, 6.45) is 4.65. The highest BCUT2D eigenvalue weighted by atomic mass is 16.1. The van der Waals surface area contributed by atoms with Crippen molar-refractivity contribution in [2.75, 3.05) is 0 Å². The largest absolute Gasteiger partial charge is 0.336 e. The van der Waals surface area contributed by atoms with Gasteiger partial charge in [0, 0.05) is 0 Å². The van der Waals surface area contributed by atoms with Crippen molar-refractivity contribution in [3.63, 3.8) is 0 Å². The van der Waals surface area contributed by atoms with Crippen LogP contribution in [-0.2, 0) is 6.42 Å². The van der Waals surface area contributed by atoms with Crippen molar-refractivity contribution in [2.24, 2.45) is 0 Å². The highest BCUT2D eigenvalue weighted by molar-refractivity contribution is 5.71. The van der Waals surface area contributed by atoms with E-state index in [0.29, 0.717) is 5.82 Å². The number of hydrogen-bond donors (Lipinski definition) is 1. The molecule has 82 valence electrons. The van der Waals surface area contributed by atoms with Crippen LogP contribution in [0.25, 0.3) is 11.3 Å². The minimum absolute atomic E-state index is 0.368. The summed E-state index contributed by atoms with van der Waals surface area (Å²) in [6, 6.07) is 8.32. The van der Waals surface area contributed by atoms with E-state index in [2.05, 4.69) is 29.0 Å². The van der Waals surface area contributed by atoms with Gasteiger partial charge in [0.05, 0.1) is 11.9 Å². The van der Waals surface area contributed by atoms with Crippen LogP contribution < -0.4 is 0 Å². The number of rotatable bonds is 4. The Morgan fingerprint density at radius 1 is 1.31 bits per heavy atom. The number of aromatic amines is 1. The second-order valence-corrected chi connectivity index (χ2v) is 3.75. The highest BCUT2D eigenvalue weighted by Gasteiger charge is 2.02. The lowest BCUT2D eigenvalue weighted by molar-refractivity contribution is 0.111. The van der Waals surface area contributed by atoms with Gasteiger partial charge in [-0.3, -0.25) is 4.79 Å².